The highest BCUT2D eigenvalue weighted by atomic mass is 19.4. The minimum absolute atomic E-state index is 0.0614. The van der Waals surface area contributed by atoms with Crippen LogP contribution in [-0.4, -0.2) is 149 Å². The van der Waals surface area contributed by atoms with Gasteiger partial charge in [-0.15, -0.1) is 0 Å². The molecule has 3 saturated carbocycles. The highest BCUT2D eigenvalue weighted by Gasteiger charge is 2.46. The van der Waals surface area contributed by atoms with Crippen molar-refractivity contribution < 1.29 is 46.6 Å². The number of carbonyl (C=O) groups is 5. The van der Waals surface area contributed by atoms with E-state index in [0.717, 1.165) is 49.8 Å². The van der Waals surface area contributed by atoms with Crippen LogP contribution >= 0.6 is 0 Å². The van der Waals surface area contributed by atoms with Gasteiger partial charge in [0.05, 0.1) is 48.3 Å². The average Bonchev–Trinajstić information content (AvgIpc) is 3.87. The van der Waals surface area contributed by atoms with Crippen molar-refractivity contribution in [3.63, 3.8) is 0 Å². The number of ether oxygens (including phenoxy) is 2. The molecule has 4 N–H and O–H groups in total. The van der Waals surface area contributed by atoms with Crippen molar-refractivity contribution in [2.24, 2.45) is 23.7 Å². The van der Waals surface area contributed by atoms with E-state index in [4.69, 9.17) is 9.47 Å². The highest BCUT2D eigenvalue weighted by Crippen LogP contribution is 2.38. The predicted octanol–water partition coefficient (Wildman–Crippen LogP) is 5.26. The van der Waals surface area contributed by atoms with Crippen LogP contribution in [0.15, 0.2) is 49.1 Å². The summed E-state index contributed by atoms with van der Waals surface area (Å²) in [7, 11) is 3.80. The van der Waals surface area contributed by atoms with Gasteiger partial charge in [0.25, 0.3) is 0 Å². The largest absolute Gasteiger partial charge is 0.416 e. The molecule has 17 nitrogen and oxygen atoms in total. The molecule has 2 aromatic heterocycles. The summed E-state index contributed by atoms with van der Waals surface area (Å²) >= 11 is 0. The van der Waals surface area contributed by atoms with E-state index >= 15 is 0 Å². The summed E-state index contributed by atoms with van der Waals surface area (Å²) in [5.74, 6) is -0.310. The Hall–Kier alpha value is -5.47. The van der Waals surface area contributed by atoms with Gasteiger partial charge in [-0.3, -0.25) is 29.0 Å². The molecule has 1 aromatic carbocycles. The molecular formula is C52H71F3N10O7. The fourth-order valence-electron chi connectivity index (χ4n) is 11.4. The fourth-order valence-corrected chi connectivity index (χ4v) is 11.4. The maximum Gasteiger partial charge on any atom is 0.416 e. The van der Waals surface area contributed by atoms with Crippen molar-refractivity contribution in [2.45, 2.75) is 139 Å². The first-order valence-electron chi connectivity index (χ1n) is 25.8. The third-order valence-electron chi connectivity index (χ3n) is 15.9. The van der Waals surface area contributed by atoms with Gasteiger partial charge in [-0.1, -0.05) is 6.07 Å². The Kier molecular flexibility index (Phi) is 17.3. The average molecular weight is 1010 g/mol. The number of nitrogens with one attached hydrogen (secondary N) is 4. The number of rotatable bonds is 20. The second kappa shape index (κ2) is 23.6. The summed E-state index contributed by atoms with van der Waals surface area (Å²) < 4.78 is 52.7. The molecule has 5 fully saturated rings. The Labute approximate surface area is 419 Å². The number of fused-ring (bicyclic) bond motifs is 1. The lowest BCUT2D eigenvalue weighted by atomic mass is 9.78. The molecule has 8 rings (SSSR count). The molecule has 3 aliphatic carbocycles. The normalized spacial score (nSPS) is 27.8. The van der Waals surface area contributed by atoms with Crippen molar-refractivity contribution in [3.05, 3.63) is 60.2 Å². The van der Waals surface area contributed by atoms with Crippen LogP contribution in [0.1, 0.15) is 108 Å². The van der Waals surface area contributed by atoms with Crippen molar-refractivity contribution in [1.82, 2.24) is 45.6 Å². The number of alkyl halides is 3. The monoisotopic (exact) mass is 1000 g/mol. The van der Waals surface area contributed by atoms with Gasteiger partial charge in [0.2, 0.25) is 29.5 Å². The second-order valence-corrected chi connectivity index (χ2v) is 20.9. The zero-order chi connectivity index (χ0) is 51.1. The number of benzene rings is 1. The third-order valence-corrected chi connectivity index (χ3v) is 15.9. The van der Waals surface area contributed by atoms with E-state index in [1.165, 1.54) is 12.4 Å². The predicted molar refractivity (Wildman–Crippen MR) is 262 cm³/mol. The van der Waals surface area contributed by atoms with Crippen LogP contribution in [0, 0.1) is 23.7 Å². The zero-order valence-electron chi connectivity index (χ0n) is 41.9. The Morgan fingerprint density at radius 1 is 0.903 bits per heavy atom. The zero-order valence-corrected chi connectivity index (χ0v) is 41.9. The molecule has 0 unspecified atom stereocenters. The Balaban J connectivity index is 0.712. The van der Waals surface area contributed by atoms with Gasteiger partial charge in [0.1, 0.15) is 18.2 Å². The number of carbonyl (C=O) groups excluding carboxylic acids is 5. The van der Waals surface area contributed by atoms with Gasteiger partial charge in [0.15, 0.2) is 0 Å². The lowest BCUT2D eigenvalue weighted by Crippen LogP contribution is -2.60. The third kappa shape index (κ3) is 12.8. The number of hydrogen-bond acceptors (Lipinski definition) is 12. The van der Waals surface area contributed by atoms with Gasteiger partial charge >= 0.3 is 6.18 Å². The molecule has 392 valence electrons. The topological polar surface area (TPSA) is 200 Å². The first kappa shape index (κ1) is 52.8. The van der Waals surface area contributed by atoms with Crippen LogP contribution in [0.2, 0.25) is 0 Å². The lowest BCUT2D eigenvalue weighted by molar-refractivity contribution is -0.137. The summed E-state index contributed by atoms with van der Waals surface area (Å²) in [5, 5.41) is 12.6. The summed E-state index contributed by atoms with van der Waals surface area (Å²) in [4.78, 5) is 84.4. The smallest absolute Gasteiger partial charge is 0.381 e. The molecule has 5 amide bonds. The molecule has 0 spiro atoms. The van der Waals surface area contributed by atoms with E-state index in [1.54, 1.807) is 24.3 Å². The van der Waals surface area contributed by atoms with Crippen molar-refractivity contribution >= 4 is 46.3 Å². The van der Waals surface area contributed by atoms with Crippen LogP contribution in [0.5, 0.6) is 0 Å². The summed E-state index contributed by atoms with van der Waals surface area (Å²) in [6.07, 6.45) is 8.24. The quantitative estimate of drug-likeness (QED) is 0.107. The van der Waals surface area contributed by atoms with Crippen LogP contribution in [0.3, 0.4) is 0 Å². The summed E-state index contributed by atoms with van der Waals surface area (Å²) in [6.45, 7) is 7.00. The standard InChI is InChI=1S/C52H71F3N10O7/c1-31(2)63(3)38-12-14-44(65-19-15-42(51(65)70)61-48-39-24-36(52(53,54)55)11-13-41(39)58-30-59-48)43(25-38)62-49(68)35-22-37(23-35)60-45(66)16-20-71-28-32-7-9-33(10-8-32)29-72-21-18-57-50(69)40-26-46(67)64(4)47(40)34-6-5-17-56-27-34/h5-6,11,13,17,24,27,30-33,35,37-38,40,42-44,47H,7-10,12,14-16,18-23,25-26,28-29H2,1-4H3,(H,57,69)(H,60,66)(H,62,68)(H,58,59,61)/t32-,33-,35-,37+,38-,40+,42+,43-,44+,47-/m1/s1. The number of aromatic nitrogens is 3. The maximum absolute atomic E-state index is 14.0. The minimum Gasteiger partial charge on any atom is -0.381 e. The SMILES string of the molecule is CC(C)N(C)[C@@H]1CC[C@H](N2CC[C@H](Nc3ncnc4ccc(C(F)(F)F)cc34)C2=O)[C@H](NC(=O)[C@H]2C[C@@H](NC(=O)CCOC[C@H]3CC[C@H](COCCNC(=O)[C@H]4CC(=O)N(C)[C@@H]4c4cccnc4)CC3)C2)C1. The number of hydrogen-bond donors (Lipinski definition) is 4. The fraction of sp³-hybridized carbons (Fsp3) is 0.654. The van der Waals surface area contributed by atoms with E-state index in [2.05, 4.69) is 62.0 Å². The first-order chi connectivity index (χ1) is 34.5. The molecule has 2 saturated heterocycles. The molecule has 72 heavy (non-hydrogen) atoms. The number of halogens is 3. The van der Waals surface area contributed by atoms with Gasteiger partial charge < -0.3 is 45.4 Å². The highest BCUT2D eigenvalue weighted by molar-refractivity contribution is 5.93. The van der Waals surface area contributed by atoms with Gasteiger partial charge in [-0.2, -0.15) is 13.2 Å². The molecule has 4 heterocycles. The molecule has 0 bridgehead atoms. The maximum atomic E-state index is 14.0. The van der Waals surface area contributed by atoms with E-state index in [-0.39, 0.29) is 95.8 Å². The minimum atomic E-state index is -4.55. The van der Waals surface area contributed by atoms with E-state index in [1.807, 2.05) is 17.0 Å². The second-order valence-electron chi connectivity index (χ2n) is 20.9. The number of amides is 5. The van der Waals surface area contributed by atoms with Gasteiger partial charge in [0, 0.05) is 88.0 Å². The summed E-state index contributed by atoms with van der Waals surface area (Å²) in [6, 6.07) is 5.76. The Morgan fingerprint density at radius 2 is 1.64 bits per heavy atom. The molecule has 5 aliphatic rings. The molecule has 20 heteroatoms. The molecule has 3 aromatic rings. The van der Waals surface area contributed by atoms with Crippen LogP contribution in [0.25, 0.3) is 10.9 Å². The number of pyridine rings is 1. The van der Waals surface area contributed by atoms with E-state index < -0.39 is 23.7 Å². The van der Waals surface area contributed by atoms with Crippen molar-refractivity contribution in [3.8, 4) is 0 Å². The van der Waals surface area contributed by atoms with Crippen LogP contribution in [-0.2, 0) is 39.6 Å². The van der Waals surface area contributed by atoms with Gasteiger partial charge in [-0.25, -0.2) is 9.97 Å². The molecular weight excluding hydrogens is 934 g/mol. The Morgan fingerprint density at radius 3 is 2.33 bits per heavy atom. The van der Waals surface area contributed by atoms with E-state index in [9.17, 15) is 37.1 Å². The number of nitrogens with zero attached hydrogens (tertiary/aromatic N) is 6. The van der Waals surface area contributed by atoms with Gasteiger partial charge in [-0.05, 0) is 127 Å². The Bertz CT molecular complexity index is 2370. The van der Waals surface area contributed by atoms with Crippen LogP contribution in [0.4, 0.5) is 19.0 Å². The number of anilines is 1. The first-order valence-corrected chi connectivity index (χ1v) is 25.8. The van der Waals surface area contributed by atoms with Crippen molar-refractivity contribution in [1.29, 1.82) is 0 Å². The summed E-state index contributed by atoms with van der Waals surface area (Å²) in [5.41, 5.74) is 0.350. The van der Waals surface area contributed by atoms with E-state index in [0.29, 0.717) is 89.0 Å². The van der Waals surface area contributed by atoms with Crippen molar-refractivity contribution in [2.75, 3.05) is 58.9 Å². The molecule has 6 atom stereocenters. The molecule has 2 aliphatic heterocycles. The molecule has 0 radical (unpaired) electrons. The number of likely N-dealkylation sites (tertiary alicyclic amines) is 2. The lowest BCUT2D eigenvalue weighted by Gasteiger charge is -2.45. The van der Waals surface area contributed by atoms with Crippen LogP contribution < -0.4 is 21.3 Å².